The first-order valence-corrected chi connectivity index (χ1v) is 8.86. The largest absolute Gasteiger partial charge is 0.494 e. The monoisotopic (exact) mass is 385 g/mol. The Hall–Kier alpha value is -3.26. The van der Waals surface area contributed by atoms with Crippen molar-refractivity contribution in [1.82, 2.24) is 10.9 Å². The van der Waals surface area contributed by atoms with Crippen LogP contribution in [0.4, 0.5) is 10.1 Å². The van der Waals surface area contributed by atoms with Gasteiger partial charge in [-0.25, -0.2) is 14.7 Å². The number of carbonyl (C=O) groups excluding carboxylic acids is 3. The summed E-state index contributed by atoms with van der Waals surface area (Å²) in [6, 6.07) is 11.3. The Labute approximate surface area is 161 Å². The number of ether oxygens (including phenoxy) is 1. The molecule has 3 amide bonds. The van der Waals surface area contributed by atoms with Crippen molar-refractivity contribution in [3.05, 3.63) is 59.9 Å². The first-order chi connectivity index (χ1) is 13.5. The Bertz CT molecular complexity index is 868. The third kappa shape index (κ3) is 4.52. The first kappa shape index (κ1) is 19.5. The number of rotatable bonds is 7. The Morgan fingerprint density at radius 2 is 1.82 bits per heavy atom. The number of imide groups is 1. The van der Waals surface area contributed by atoms with Crippen LogP contribution in [0, 0.1) is 5.82 Å². The molecule has 0 bridgehead atoms. The van der Waals surface area contributed by atoms with Crippen molar-refractivity contribution in [2.24, 2.45) is 0 Å². The number of amides is 3. The summed E-state index contributed by atoms with van der Waals surface area (Å²) < 4.78 is 18.2. The van der Waals surface area contributed by atoms with Crippen molar-refractivity contribution in [1.29, 1.82) is 0 Å². The van der Waals surface area contributed by atoms with Crippen molar-refractivity contribution < 1.29 is 23.5 Å². The van der Waals surface area contributed by atoms with E-state index in [9.17, 15) is 18.8 Å². The molecule has 1 unspecified atom stereocenters. The summed E-state index contributed by atoms with van der Waals surface area (Å²) in [6.45, 7) is 2.38. The molecule has 28 heavy (non-hydrogen) atoms. The minimum Gasteiger partial charge on any atom is -0.494 e. The van der Waals surface area contributed by atoms with E-state index >= 15 is 0 Å². The molecule has 146 valence electrons. The highest BCUT2D eigenvalue weighted by atomic mass is 19.1. The lowest BCUT2D eigenvalue weighted by Gasteiger charge is -2.16. The molecule has 0 spiro atoms. The quantitative estimate of drug-likeness (QED) is 0.560. The van der Waals surface area contributed by atoms with Gasteiger partial charge >= 0.3 is 0 Å². The molecule has 0 radical (unpaired) electrons. The van der Waals surface area contributed by atoms with Gasteiger partial charge < -0.3 is 4.74 Å². The summed E-state index contributed by atoms with van der Waals surface area (Å²) in [5.41, 5.74) is 6.12. The summed E-state index contributed by atoms with van der Waals surface area (Å²) in [7, 11) is 0. The van der Waals surface area contributed by atoms with Gasteiger partial charge in [0, 0.05) is 0 Å². The number of hydrogen-bond acceptors (Lipinski definition) is 5. The van der Waals surface area contributed by atoms with Crippen molar-refractivity contribution in [3.8, 4) is 5.75 Å². The minimum absolute atomic E-state index is 0.0186. The van der Waals surface area contributed by atoms with Crippen LogP contribution in [0.1, 0.15) is 18.9 Å². The summed E-state index contributed by atoms with van der Waals surface area (Å²) in [6.07, 6.45) is -0.0480. The van der Waals surface area contributed by atoms with Crippen LogP contribution in [-0.2, 0) is 20.8 Å². The highest BCUT2D eigenvalue weighted by Gasteiger charge is 2.39. The highest BCUT2D eigenvalue weighted by Crippen LogP contribution is 2.25. The molecule has 8 heteroatoms. The number of anilines is 1. The highest BCUT2D eigenvalue weighted by molar-refractivity contribution is 6.22. The van der Waals surface area contributed by atoms with E-state index in [0.29, 0.717) is 23.6 Å². The third-order valence-corrected chi connectivity index (χ3v) is 4.22. The second-order valence-electron chi connectivity index (χ2n) is 6.25. The summed E-state index contributed by atoms with van der Waals surface area (Å²) in [5.74, 6) is -0.943. The van der Waals surface area contributed by atoms with Crippen LogP contribution >= 0.6 is 0 Å². The number of carbonyl (C=O) groups is 3. The van der Waals surface area contributed by atoms with Gasteiger partial charge in [0.05, 0.1) is 25.1 Å². The molecule has 1 saturated heterocycles. The summed E-state index contributed by atoms with van der Waals surface area (Å²) >= 11 is 0. The molecule has 1 fully saturated rings. The molecule has 1 aliphatic heterocycles. The average molecular weight is 385 g/mol. The molecular formula is C20H20FN3O4. The Morgan fingerprint density at radius 1 is 1.14 bits per heavy atom. The Morgan fingerprint density at radius 3 is 2.46 bits per heavy atom. The van der Waals surface area contributed by atoms with Crippen LogP contribution < -0.4 is 20.5 Å². The van der Waals surface area contributed by atoms with Gasteiger partial charge in [-0.05, 0) is 48.9 Å². The normalized spacial score (nSPS) is 16.4. The van der Waals surface area contributed by atoms with Crippen LogP contribution in [0.25, 0.3) is 0 Å². The van der Waals surface area contributed by atoms with Crippen LogP contribution in [0.15, 0.2) is 48.5 Å². The van der Waals surface area contributed by atoms with E-state index < -0.39 is 17.9 Å². The van der Waals surface area contributed by atoms with Gasteiger partial charge in [-0.1, -0.05) is 12.1 Å². The molecular weight excluding hydrogens is 365 g/mol. The van der Waals surface area contributed by atoms with E-state index in [-0.39, 0.29) is 24.6 Å². The SMILES string of the molecule is CCOc1ccc(N2C(=O)CC(NNC(=O)Cc3ccc(F)cc3)C2=O)cc1. The lowest BCUT2D eigenvalue weighted by Crippen LogP contribution is -2.48. The zero-order valence-electron chi connectivity index (χ0n) is 15.3. The smallest absolute Gasteiger partial charge is 0.253 e. The van der Waals surface area contributed by atoms with Gasteiger partial charge in [0.1, 0.15) is 17.6 Å². The van der Waals surface area contributed by atoms with Gasteiger partial charge in [0.15, 0.2) is 0 Å². The van der Waals surface area contributed by atoms with Crippen LogP contribution in [0.5, 0.6) is 5.75 Å². The lowest BCUT2D eigenvalue weighted by molar-refractivity contribution is -0.122. The number of benzene rings is 2. The Kier molecular flexibility index (Phi) is 6.00. The molecule has 7 nitrogen and oxygen atoms in total. The summed E-state index contributed by atoms with van der Waals surface area (Å²) in [5, 5.41) is 0. The van der Waals surface area contributed by atoms with Gasteiger partial charge in [0.25, 0.3) is 5.91 Å². The van der Waals surface area contributed by atoms with Crippen LogP contribution in [0.3, 0.4) is 0 Å². The molecule has 1 heterocycles. The predicted molar refractivity (Wildman–Crippen MR) is 99.9 cm³/mol. The Balaban J connectivity index is 1.57. The second-order valence-corrected chi connectivity index (χ2v) is 6.25. The maximum absolute atomic E-state index is 12.9. The van der Waals surface area contributed by atoms with Crippen molar-refractivity contribution in [2.45, 2.75) is 25.8 Å². The fourth-order valence-corrected chi connectivity index (χ4v) is 2.87. The molecule has 2 N–H and O–H groups in total. The molecule has 0 aliphatic carbocycles. The fraction of sp³-hybridized carbons (Fsp3) is 0.250. The average Bonchev–Trinajstić information content (AvgIpc) is 2.96. The van der Waals surface area contributed by atoms with E-state index in [1.807, 2.05) is 6.92 Å². The van der Waals surface area contributed by atoms with Gasteiger partial charge in [-0.15, -0.1) is 0 Å². The maximum Gasteiger partial charge on any atom is 0.253 e. The van der Waals surface area contributed by atoms with E-state index in [1.54, 1.807) is 24.3 Å². The number of nitrogens with zero attached hydrogens (tertiary/aromatic N) is 1. The number of hydrogen-bond donors (Lipinski definition) is 2. The lowest BCUT2D eigenvalue weighted by atomic mass is 10.1. The molecule has 0 aromatic heterocycles. The zero-order chi connectivity index (χ0) is 20.1. The molecule has 1 atom stereocenters. The van der Waals surface area contributed by atoms with E-state index in [1.165, 1.54) is 24.3 Å². The molecule has 2 aromatic carbocycles. The maximum atomic E-state index is 12.9. The summed E-state index contributed by atoms with van der Waals surface area (Å²) in [4.78, 5) is 37.9. The topological polar surface area (TPSA) is 87.7 Å². The predicted octanol–water partition coefficient (Wildman–Crippen LogP) is 1.72. The third-order valence-electron chi connectivity index (χ3n) is 4.22. The van der Waals surface area contributed by atoms with Gasteiger partial charge in [-0.2, -0.15) is 0 Å². The minimum atomic E-state index is -0.851. The van der Waals surface area contributed by atoms with Crippen molar-refractivity contribution in [3.63, 3.8) is 0 Å². The first-order valence-electron chi connectivity index (χ1n) is 8.86. The van der Waals surface area contributed by atoms with E-state index in [4.69, 9.17) is 4.74 Å². The molecule has 1 aliphatic rings. The van der Waals surface area contributed by atoms with Crippen molar-refractivity contribution in [2.75, 3.05) is 11.5 Å². The molecule has 0 saturated carbocycles. The number of nitrogens with one attached hydrogen (secondary N) is 2. The molecule has 2 aromatic rings. The van der Waals surface area contributed by atoms with Gasteiger partial charge in [-0.3, -0.25) is 19.8 Å². The fourth-order valence-electron chi connectivity index (χ4n) is 2.87. The van der Waals surface area contributed by atoms with Crippen molar-refractivity contribution >= 4 is 23.4 Å². The zero-order valence-corrected chi connectivity index (χ0v) is 15.3. The van der Waals surface area contributed by atoms with E-state index in [0.717, 1.165) is 4.90 Å². The second kappa shape index (κ2) is 8.62. The standard InChI is InChI=1S/C20H20FN3O4/c1-2-28-16-9-7-15(8-10-16)24-19(26)12-17(20(24)27)22-23-18(25)11-13-3-5-14(21)6-4-13/h3-10,17,22H,2,11-12H2,1H3,(H,23,25). The van der Waals surface area contributed by atoms with Crippen LogP contribution in [-0.4, -0.2) is 30.4 Å². The van der Waals surface area contributed by atoms with Gasteiger partial charge in [0.2, 0.25) is 11.8 Å². The molecule has 3 rings (SSSR count). The number of halogens is 1. The van der Waals surface area contributed by atoms with E-state index in [2.05, 4.69) is 10.9 Å². The van der Waals surface area contributed by atoms with Crippen LogP contribution in [0.2, 0.25) is 0 Å². The number of hydrazine groups is 1.